The lowest BCUT2D eigenvalue weighted by Gasteiger charge is -2.32. The Morgan fingerprint density at radius 2 is 2.04 bits per heavy atom. The minimum Gasteiger partial charge on any atom is -0.367 e. The standard InChI is InChI=1S/C18H20N4O2S2/c1-21(2)26(23,24)15-8-9-17-13(11-15)6-4-10-22(17)12-14-5-3-7-16-18(14)20-25-19-16/h3,5,7-9,11H,4,6,10,12H2,1-2H3. The average molecular weight is 389 g/mol. The highest BCUT2D eigenvalue weighted by molar-refractivity contribution is 7.89. The van der Waals surface area contributed by atoms with E-state index >= 15 is 0 Å². The smallest absolute Gasteiger partial charge is 0.242 e. The molecule has 8 heteroatoms. The van der Waals surface area contributed by atoms with Gasteiger partial charge in [0, 0.05) is 38.4 Å². The molecule has 0 saturated heterocycles. The predicted octanol–water partition coefficient (Wildman–Crippen LogP) is 2.89. The molecule has 0 aliphatic carbocycles. The van der Waals surface area contributed by atoms with Crippen molar-refractivity contribution in [1.82, 2.24) is 13.1 Å². The molecule has 4 rings (SSSR count). The van der Waals surface area contributed by atoms with Crippen molar-refractivity contribution in [2.24, 2.45) is 0 Å². The summed E-state index contributed by atoms with van der Waals surface area (Å²) in [6.07, 6.45) is 1.90. The molecule has 0 saturated carbocycles. The zero-order valence-corrected chi connectivity index (χ0v) is 16.3. The minimum atomic E-state index is -3.41. The summed E-state index contributed by atoms with van der Waals surface area (Å²) in [6.45, 7) is 1.69. The van der Waals surface area contributed by atoms with Gasteiger partial charge in [-0.3, -0.25) is 0 Å². The Balaban J connectivity index is 1.69. The van der Waals surface area contributed by atoms with Gasteiger partial charge in [-0.25, -0.2) is 12.7 Å². The topological polar surface area (TPSA) is 66.4 Å². The van der Waals surface area contributed by atoms with Crippen LogP contribution in [-0.2, 0) is 23.0 Å². The molecule has 26 heavy (non-hydrogen) atoms. The fourth-order valence-corrected chi connectivity index (χ4v) is 4.90. The lowest BCUT2D eigenvalue weighted by Crippen LogP contribution is -2.29. The van der Waals surface area contributed by atoms with E-state index in [9.17, 15) is 8.42 Å². The molecule has 0 radical (unpaired) electrons. The van der Waals surface area contributed by atoms with Crippen LogP contribution in [0.4, 0.5) is 5.69 Å². The summed E-state index contributed by atoms with van der Waals surface area (Å²) in [6, 6.07) is 11.5. The Hall–Kier alpha value is -2.03. The second-order valence-corrected chi connectivity index (χ2v) is 9.33. The van der Waals surface area contributed by atoms with Gasteiger partial charge in [0.2, 0.25) is 10.0 Å². The van der Waals surface area contributed by atoms with Crippen LogP contribution in [0.25, 0.3) is 11.0 Å². The molecule has 0 unspecified atom stereocenters. The van der Waals surface area contributed by atoms with E-state index in [1.807, 2.05) is 24.3 Å². The van der Waals surface area contributed by atoms with Gasteiger partial charge in [-0.1, -0.05) is 12.1 Å². The number of nitrogens with zero attached hydrogens (tertiary/aromatic N) is 4. The molecule has 2 aromatic carbocycles. The van der Waals surface area contributed by atoms with E-state index in [1.54, 1.807) is 20.2 Å². The molecule has 3 aromatic rings. The van der Waals surface area contributed by atoms with Gasteiger partial charge in [0.25, 0.3) is 0 Å². The normalized spacial score (nSPS) is 14.8. The SMILES string of the molecule is CN(C)S(=O)(=O)c1ccc2c(c1)CCCN2Cc1cccc2nsnc12. The van der Waals surface area contributed by atoms with E-state index in [0.717, 1.165) is 53.8 Å². The molecular formula is C18H20N4O2S2. The highest BCUT2D eigenvalue weighted by atomic mass is 32.2. The maximum Gasteiger partial charge on any atom is 0.242 e. The molecule has 0 amide bonds. The van der Waals surface area contributed by atoms with E-state index in [0.29, 0.717) is 4.90 Å². The molecule has 0 atom stereocenters. The molecule has 0 spiro atoms. The van der Waals surface area contributed by atoms with Gasteiger partial charge in [-0.05, 0) is 42.7 Å². The summed E-state index contributed by atoms with van der Waals surface area (Å²) < 4.78 is 34.8. The van der Waals surface area contributed by atoms with Crippen LogP contribution in [0.1, 0.15) is 17.5 Å². The largest absolute Gasteiger partial charge is 0.367 e. The third-order valence-electron chi connectivity index (χ3n) is 4.78. The number of anilines is 1. The van der Waals surface area contributed by atoms with E-state index in [-0.39, 0.29) is 0 Å². The van der Waals surface area contributed by atoms with Gasteiger partial charge in [-0.15, -0.1) is 0 Å². The van der Waals surface area contributed by atoms with Gasteiger partial charge >= 0.3 is 0 Å². The van der Waals surface area contributed by atoms with Crippen molar-refractivity contribution in [2.45, 2.75) is 24.3 Å². The van der Waals surface area contributed by atoms with Crippen LogP contribution in [0.2, 0.25) is 0 Å². The highest BCUT2D eigenvalue weighted by Gasteiger charge is 2.23. The van der Waals surface area contributed by atoms with Gasteiger partial charge in [0.1, 0.15) is 11.0 Å². The van der Waals surface area contributed by atoms with Gasteiger partial charge in [0.05, 0.1) is 16.6 Å². The summed E-state index contributed by atoms with van der Waals surface area (Å²) in [7, 11) is -0.292. The molecule has 0 N–H and O–H groups in total. The fraction of sp³-hybridized carbons (Fsp3) is 0.333. The molecular weight excluding hydrogens is 368 g/mol. The minimum absolute atomic E-state index is 0.355. The fourth-order valence-electron chi connectivity index (χ4n) is 3.38. The number of benzene rings is 2. The van der Waals surface area contributed by atoms with E-state index < -0.39 is 10.0 Å². The molecule has 0 bridgehead atoms. The lowest BCUT2D eigenvalue weighted by atomic mass is 10.0. The molecule has 6 nitrogen and oxygen atoms in total. The van der Waals surface area contributed by atoms with E-state index in [2.05, 4.69) is 19.7 Å². The monoisotopic (exact) mass is 388 g/mol. The number of hydrogen-bond donors (Lipinski definition) is 0. The number of aromatic nitrogens is 2. The maximum absolute atomic E-state index is 12.4. The Morgan fingerprint density at radius 3 is 2.85 bits per heavy atom. The van der Waals surface area contributed by atoms with Crippen LogP contribution < -0.4 is 4.90 Å². The first-order chi connectivity index (χ1) is 12.5. The molecule has 1 aliphatic heterocycles. The molecule has 136 valence electrons. The first-order valence-electron chi connectivity index (χ1n) is 8.47. The van der Waals surface area contributed by atoms with Crippen molar-refractivity contribution >= 4 is 38.5 Å². The van der Waals surface area contributed by atoms with Crippen LogP contribution in [0.3, 0.4) is 0 Å². The van der Waals surface area contributed by atoms with Crippen molar-refractivity contribution in [3.8, 4) is 0 Å². The van der Waals surface area contributed by atoms with Crippen molar-refractivity contribution in [3.05, 3.63) is 47.5 Å². The Labute approximate surface area is 157 Å². The summed E-state index contributed by atoms with van der Waals surface area (Å²) in [5, 5.41) is 0. The zero-order chi connectivity index (χ0) is 18.3. The lowest BCUT2D eigenvalue weighted by molar-refractivity contribution is 0.520. The maximum atomic E-state index is 12.4. The summed E-state index contributed by atoms with van der Waals surface area (Å²) >= 11 is 1.23. The Morgan fingerprint density at radius 1 is 1.19 bits per heavy atom. The van der Waals surface area contributed by atoms with Gasteiger partial charge in [-0.2, -0.15) is 8.75 Å². The van der Waals surface area contributed by atoms with Crippen molar-refractivity contribution in [1.29, 1.82) is 0 Å². The van der Waals surface area contributed by atoms with Gasteiger partial charge < -0.3 is 4.90 Å². The van der Waals surface area contributed by atoms with Crippen LogP contribution in [0.15, 0.2) is 41.3 Å². The van der Waals surface area contributed by atoms with Crippen LogP contribution in [0, 0.1) is 0 Å². The third kappa shape index (κ3) is 2.98. The third-order valence-corrected chi connectivity index (χ3v) is 7.13. The average Bonchev–Trinajstić information content (AvgIpc) is 3.11. The molecule has 0 fully saturated rings. The van der Waals surface area contributed by atoms with E-state index in [1.165, 1.54) is 16.0 Å². The predicted molar refractivity (Wildman–Crippen MR) is 104 cm³/mol. The van der Waals surface area contributed by atoms with E-state index in [4.69, 9.17) is 0 Å². The van der Waals surface area contributed by atoms with Crippen molar-refractivity contribution in [2.75, 3.05) is 25.5 Å². The molecule has 2 heterocycles. The van der Waals surface area contributed by atoms with Crippen molar-refractivity contribution < 1.29 is 8.42 Å². The number of fused-ring (bicyclic) bond motifs is 2. The number of hydrogen-bond acceptors (Lipinski definition) is 6. The molecule has 1 aliphatic rings. The Bertz CT molecular complexity index is 1060. The van der Waals surface area contributed by atoms with Gasteiger partial charge in [0.15, 0.2) is 0 Å². The van der Waals surface area contributed by atoms with Crippen LogP contribution >= 0.6 is 11.7 Å². The van der Waals surface area contributed by atoms with Crippen LogP contribution in [0.5, 0.6) is 0 Å². The second kappa shape index (κ2) is 6.61. The first-order valence-corrected chi connectivity index (χ1v) is 10.6. The zero-order valence-electron chi connectivity index (χ0n) is 14.7. The highest BCUT2D eigenvalue weighted by Crippen LogP contribution is 2.32. The summed E-state index contributed by atoms with van der Waals surface area (Å²) in [5.41, 5.74) is 5.22. The Kier molecular flexibility index (Phi) is 4.42. The first kappa shape index (κ1) is 17.4. The number of aryl methyl sites for hydroxylation is 1. The quantitative estimate of drug-likeness (QED) is 0.688. The summed E-state index contributed by atoms with van der Waals surface area (Å²) in [4.78, 5) is 2.66. The van der Waals surface area contributed by atoms with Crippen LogP contribution in [-0.4, -0.2) is 42.1 Å². The summed E-state index contributed by atoms with van der Waals surface area (Å²) in [5.74, 6) is 0. The van der Waals surface area contributed by atoms with Crippen molar-refractivity contribution in [3.63, 3.8) is 0 Å². The number of rotatable bonds is 4. The second-order valence-electron chi connectivity index (χ2n) is 6.65. The molecule has 1 aromatic heterocycles. The number of sulfonamides is 1.